The first-order valence-electron chi connectivity index (χ1n) is 24.4. The summed E-state index contributed by atoms with van der Waals surface area (Å²) in [5.41, 5.74) is 17.5. The van der Waals surface area contributed by atoms with Crippen LogP contribution >= 0.6 is 0 Å². The third kappa shape index (κ3) is 17.3. The van der Waals surface area contributed by atoms with Crippen LogP contribution in [0.25, 0.3) is 22.3 Å². The maximum Gasteiger partial charge on any atom is 0.326 e. The molecule has 1 amide bonds. The van der Waals surface area contributed by atoms with Crippen molar-refractivity contribution >= 4 is 23.8 Å². The van der Waals surface area contributed by atoms with Gasteiger partial charge in [-0.1, -0.05) is 71.5 Å². The Morgan fingerprint density at radius 1 is 0.608 bits per heavy atom. The molecule has 396 valence electrons. The molecular weight excluding hydrogens is 937 g/mol. The molecule has 0 aliphatic carbocycles. The average Bonchev–Trinajstić information content (AvgIpc) is 3.33. The van der Waals surface area contributed by atoms with Crippen molar-refractivity contribution in [1.82, 2.24) is 24.4 Å². The van der Waals surface area contributed by atoms with Gasteiger partial charge in [0, 0.05) is 66.5 Å². The minimum absolute atomic E-state index is 0. The first kappa shape index (κ1) is 60.8. The number of nitrogens with two attached hydrogens (primary N) is 1. The number of pyridine rings is 4. The van der Waals surface area contributed by atoms with Crippen LogP contribution in [-0.2, 0) is 28.7 Å². The Labute approximate surface area is 436 Å². The normalized spacial score (nSPS) is 12.4. The summed E-state index contributed by atoms with van der Waals surface area (Å²) in [4.78, 5) is 81.4. The molecule has 0 saturated carbocycles. The van der Waals surface area contributed by atoms with E-state index in [-0.39, 0.29) is 55.1 Å². The fraction of sp³-hybridized carbons (Fsp3) is 0.390. The first-order valence-corrected chi connectivity index (χ1v) is 24.4. The quantitative estimate of drug-likeness (QED) is 0.0728. The molecule has 4 heterocycles. The van der Waals surface area contributed by atoms with E-state index in [0.717, 1.165) is 50.1 Å². The van der Waals surface area contributed by atoms with Gasteiger partial charge in [-0.05, 0) is 146 Å². The number of hydrogen-bond donors (Lipinski definition) is 3. The predicted octanol–water partition coefficient (Wildman–Crippen LogP) is 10.2. The van der Waals surface area contributed by atoms with Gasteiger partial charge in [0.1, 0.15) is 12.1 Å². The van der Waals surface area contributed by atoms with Crippen LogP contribution in [0.2, 0.25) is 0 Å². The number of benzene rings is 2. The van der Waals surface area contributed by atoms with Crippen LogP contribution in [0.1, 0.15) is 129 Å². The van der Waals surface area contributed by atoms with Gasteiger partial charge in [-0.2, -0.15) is 0 Å². The summed E-state index contributed by atoms with van der Waals surface area (Å²) >= 11 is 0. The lowest BCUT2D eigenvalue weighted by atomic mass is 9.94. The maximum atomic E-state index is 13.6. The lowest BCUT2D eigenvalue weighted by Gasteiger charge is -2.25. The Balaban J connectivity index is 0.000000321. The van der Waals surface area contributed by atoms with Crippen molar-refractivity contribution in [3.63, 3.8) is 0 Å². The molecule has 0 saturated heterocycles. The van der Waals surface area contributed by atoms with E-state index in [1.165, 1.54) is 46.6 Å². The standard InChI is InChI=1S/C29H35N3O4.C17H20N2O2.C12H17NO3.CH4/c1-18(2)12-25(32-11-10-19(3)13-26(32)33)29(35)31-24(15-27(34)36-6)22-14-23(17-30-16-22)28-20(4)8-7-9-21(28)5;1-11-5-4-6-12(2)17(11)14-7-13(9-19-10-14)15(18)8-16(20)21-3;1-8(2)6-10(12(15)16)13-5-4-9(3)7-11(13)14;/h7-11,13-14,16-18,24-25H,12,15H2,1-6H3,(H,31,35);4-7,9-10,15H,8,18H2,1-3H3;4-5,7-8,10H,6H2,1-3H3,(H,15,16);1H4/t24-,25?;15-;10-;/m110./s1. The van der Waals surface area contributed by atoms with E-state index >= 15 is 0 Å². The molecule has 74 heavy (non-hydrogen) atoms. The van der Waals surface area contributed by atoms with E-state index in [9.17, 15) is 28.8 Å². The summed E-state index contributed by atoms with van der Waals surface area (Å²) in [5, 5.41) is 12.1. The molecule has 0 aliphatic heterocycles. The van der Waals surface area contributed by atoms with E-state index in [1.807, 2.05) is 104 Å². The Morgan fingerprint density at radius 3 is 1.43 bits per heavy atom. The molecule has 0 fully saturated rings. The van der Waals surface area contributed by atoms with E-state index in [2.05, 4.69) is 46.0 Å². The summed E-state index contributed by atoms with van der Waals surface area (Å²) in [6.45, 7) is 19.8. The molecular formula is C59H76N6O9. The number of amides is 1. The smallest absolute Gasteiger partial charge is 0.326 e. The van der Waals surface area contributed by atoms with Gasteiger partial charge in [0.05, 0.1) is 33.1 Å². The third-order valence-corrected chi connectivity index (χ3v) is 12.3. The van der Waals surface area contributed by atoms with Crippen molar-refractivity contribution in [2.45, 2.75) is 127 Å². The summed E-state index contributed by atoms with van der Waals surface area (Å²) in [7, 11) is 2.68. The maximum absolute atomic E-state index is 13.6. The van der Waals surface area contributed by atoms with Gasteiger partial charge in [0.15, 0.2) is 0 Å². The summed E-state index contributed by atoms with van der Waals surface area (Å²) < 4.78 is 12.3. The number of aliphatic carboxylic acids is 1. The van der Waals surface area contributed by atoms with Crippen molar-refractivity contribution in [2.75, 3.05) is 14.2 Å². The van der Waals surface area contributed by atoms with Crippen LogP contribution in [0.4, 0.5) is 0 Å². The number of hydrogen-bond acceptors (Lipinski definition) is 11. The minimum atomic E-state index is -0.959. The zero-order valence-corrected chi connectivity index (χ0v) is 44.3. The van der Waals surface area contributed by atoms with Crippen LogP contribution in [0, 0.1) is 53.4 Å². The predicted molar refractivity (Wildman–Crippen MR) is 292 cm³/mol. The summed E-state index contributed by atoms with van der Waals surface area (Å²) in [5.74, 6) is -1.66. The van der Waals surface area contributed by atoms with E-state index in [0.29, 0.717) is 18.4 Å². The van der Waals surface area contributed by atoms with Crippen molar-refractivity contribution in [3.05, 3.63) is 175 Å². The summed E-state index contributed by atoms with van der Waals surface area (Å²) in [6, 6.07) is 20.2. The molecule has 0 radical (unpaired) electrons. The number of nitrogens with zero attached hydrogens (tertiary/aromatic N) is 4. The molecule has 0 spiro atoms. The average molecular weight is 1010 g/mol. The van der Waals surface area contributed by atoms with Crippen molar-refractivity contribution < 1.29 is 33.8 Å². The zero-order chi connectivity index (χ0) is 54.1. The molecule has 15 nitrogen and oxygen atoms in total. The largest absolute Gasteiger partial charge is 0.480 e. The van der Waals surface area contributed by atoms with Crippen LogP contribution < -0.4 is 22.2 Å². The number of carbonyl (C=O) groups is 4. The topological polar surface area (TPSA) is 215 Å². The fourth-order valence-electron chi connectivity index (χ4n) is 8.54. The number of esters is 2. The monoisotopic (exact) mass is 1010 g/mol. The van der Waals surface area contributed by atoms with Crippen LogP contribution in [0.3, 0.4) is 0 Å². The molecule has 15 heteroatoms. The van der Waals surface area contributed by atoms with Crippen LogP contribution in [0.15, 0.2) is 120 Å². The van der Waals surface area contributed by atoms with Gasteiger partial charge in [-0.3, -0.25) is 33.9 Å². The van der Waals surface area contributed by atoms with Crippen molar-refractivity contribution in [2.24, 2.45) is 17.6 Å². The highest BCUT2D eigenvalue weighted by Crippen LogP contribution is 2.31. The Morgan fingerprint density at radius 2 is 1.01 bits per heavy atom. The SMILES string of the molecule is C.COC(=O)C[C@@H](N)c1cncc(-c2c(C)cccc2C)c1.COC(=O)C[C@@H](NC(=O)C(CC(C)C)n1ccc(C)cc1=O)c1cncc(-c2c(C)cccc2C)c1.Cc1ccn([C@@H](CC(C)C)C(=O)O)c(=O)c1. The molecule has 0 bridgehead atoms. The minimum Gasteiger partial charge on any atom is -0.480 e. The number of carbonyl (C=O) groups excluding carboxylic acids is 3. The number of rotatable bonds is 17. The summed E-state index contributed by atoms with van der Waals surface area (Å²) in [6.07, 6.45) is 11.2. The first-order chi connectivity index (χ1) is 34.5. The highest BCUT2D eigenvalue weighted by molar-refractivity contribution is 5.82. The fourth-order valence-corrected chi connectivity index (χ4v) is 8.54. The number of aryl methyl sites for hydroxylation is 6. The number of aromatic nitrogens is 4. The van der Waals surface area contributed by atoms with Gasteiger partial charge in [0.2, 0.25) is 5.91 Å². The Bertz CT molecular complexity index is 2940. The number of carboxylic acids is 1. The Kier molecular flexibility index (Phi) is 23.5. The lowest BCUT2D eigenvalue weighted by Crippen LogP contribution is -2.40. The highest BCUT2D eigenvalue weighted by Gasteiger charge is 2.28. The van der Waals surface area contributed by atoms with Crippen molar-refractivity contribution in [1.29, 1.82) is 0 Å². The number of methoxy groups -OCH3 is 2. The molecule has 1 unspecified atom stereocenters. The van der Waals surface area contributed by atoms with E-state index < -0.39 is 36.1 Å². The van der Waals surface area contributed by atoms with Gasteiger partial charge < -0.3 is 34.8 Å². The van der Waals surface area contributed by atoms with E-state index in [1.54, 1.807) is 37.1 Å². The van der Waals surface area contributed by atoms with Gasteiger partial charge >= 0.3 is 17.9 Å². The molecule has 4 atom stereocenters. The van der Waals surface area contributed by atoms with Gasteiger partial charge in [-0.15, -0.1) is 0 Å². The second kappa shape index (κ2) is 28.7. The number of carboxylic acid groups (broad SMARTS) is 1. The second-order valence-corrected chi connectivity index (χ2v) is 19.3. The number of nitrogens with one attached hydrogen (secondary N) is 1. The lowest BCUT2D eigenvalue weighted by molar-refractivity contribution is -0.142. The van der Waals surface area contributed by atoms with E-state index in [4.69, 9.17) is 15.6 Å². The Hall–Kier alpha value is -7.52. The molecule has 6 aromatic rings. The third-order valence-electron chi connectivity index (χ3n) is 12.3. The zero-order valence-electron chi connectivity index (χ0n) is 44.3. The molecule has 4 aromatic heterocycles. The van der Waals surface area contributed by atoms with Crippen LogP contribution in [-0.4, -0.2) is 62.2 Å². The molecule has 4 N–H and O–H groups in total. The highest BCUT2D eigenvalue weighted by atomic mass is 16.5. The van der Waals surface area contributed by atoms with Gasteiger partial charge in [0.25, 0.3) is 11.1 Å². The molecule has 6 rings (SSSR count). The van der Waals surface area contributed by atoms with Gasteiger partial charge in [-0.25, -0.2) is 4.79 Å². The molecule has 0 aliphatic rings. The van der Waals surface area contributed by atoms with Crippen molar-refractivity contribution in [3.8, 4) is 22.3 Å². The number of ether oxygens (including phenoxy) is 2. The van der Waals surface area contributed by atoms with Crippen LogP contribution in [0.5, 0.6) is 0 Å². The molecule has 2 aromatic carbocycles. The second-order valence-electron chi connectivity index (χ2n) is 19.3.